The fraction of sp³-hybridized carbons (Fsp3) is 0.444. The smallest absolute Gasteiger partial charge is 0.265 e. The molecule has 0 amide bonds. The van der Waals surface area contributed by atoms with E-state index in [1.54, 1.807) is 29.5 Å². The summed E-state index contributed by atoms with van der Waals surface area (Å²) in [6.45, 7) is 2.69. The van der Waals surface area contributed by atoms with Gasteiger partial charge in [-0.1, -0.05) is 0 Å². The maximum atomic E-state index is 10.5. The molecule has 0 bridgehead atoms. The van der Waals surface area contributed by atoms with Gasteiger partial charge in [0.1, 0.15) is 5.01 Å². The maximum absolute atomic E-state index is 10.5. The van der Waals surface area contributed by atoms with E-state index in [1.807, 2.05) is 22.9 Å². The van der Waals surface area contributed by atoms with E-state index < -0.39 is 4.92 Å². The lowest BCUT2D eigenvalue weighted by atomic mass is 10.7. The first-order chi connectivity index (χ1) is 8.17. The number of hydrogen-bond acceptors (Lipinski definition) is 7. The van der Waals surface area contributed by atoms with Crippen molar-refractivity contribution in [3.63, 3.8) is 0 Å². The topological polar surface area (TPSA) is 59.3 Å². The van der Waals surface area contributed by atoms with Gasteiger partial charge in [0, 0.05) is 18.1 Å². The van der Waals surface area contributed by atoms with Crippen molar-refractivity contribution in [3.8, 4) is 0 Å². The van der Waals surface area contributed by atoms with Crippen LogP contribution in [0.5, 0.6) is 0 Å². The summed E-state index contributed by atoms with van der Waals surface area (Å²) in [6.07, 6.45) is 4.64. The standard InChI is InChI=1S/C9H13N3O2S3/c1-3-11(9(15-2)6-12(13)14)17-7-8-10-4-5-16-8/h4-6H,3,7H2,1-2H3. The van der Waals surface area contributed by atoms with Gasteiger partial charge in [0.15, 0.2) is 5.03 Å². The van der Waals surface area contributed by atoms with Gasteiger partial charge < -0.3 is 4.31 Å². The lowest BCUT2D eigenvalue weighted by molar-refractivity contribution is -0.403. The molecule has 1 aromatic heterocycles. The van der Waals surface area contributed by atoms with Crippen molar-refractivity contribution < 1.29 is 4.92 Å². The number of rotatable bonds is 7. The molecule has 1 aromatic rings. The van der Waals surface area contributed by atoms with Crippen molar-refractivity contribution in [2.75, 3.05) is 12.8 Å². The molecule has 94 valence electrons. The number of hydrogen-bond donors (Lipinski definition) is 0. The highest BCUT2D eigenvalue weighted by atomic mass is 32.2. The predicted molar refractivity (Wildman–Crippen MR) is 74.4 cm³/mol. The van der Waals surface area contributed by atoms with E-state index in [0.29, 0.717) is 5.03 Å². The largest absolute Gasteiger partial charge is 0.305 e. The summed E-state index contributed by atoms with van der Waals surface area (Å²) in [5, 5.41) is 14.1. The molecule has 0 spiro atoms. The average Bonchev–Trinajstić information content (AvgIpc) is 2.80. The highest BCUT2D eigenvalue weighted by Gasteiger charge is 2.12. The summed E-state index contributed by atoms with van der Waals surface area (Å²) in [5.74, 6) is 0.737. The van der Waals surface area contributed by atoms with Gasteiger partial charge in [-0.05, 0) is 25.1 Å². The molecule has 5 nitrogen and oxygen atoms in total. The molecule has 0 aliphatic rings. The fourth-order valence-electron chi connectivity index (χ4n) is 1.08. The van der Waals surface area contributed by atoms with Crippen LogP contribution < -0.4 is 0 Å². The van der Waals surface area contributed by atoms with Crippen molar-refractivity contribution in [1.29, 1.82) is 0 Å². The van der Waals surface area contributed by atoms with Crippen molar-refractivity contribution >= 4 is 35.0 Å². The molecule has 17 heavy (non-hydrogen) atoms. The molecule has 1 rings (SSSR count). The van der Waals surface area contributed by atoms with Crippen LogP contribution in [0.15, 0.2) is 22.8 Å². The molecule has 1 heterocycles. The van der Waals surface area contributed by atoms with E-state index in [4.69, 9.17) is 0 Å². The first-order valence-electron chi connectivity index (χ1n) is 4.85. The van der Waals surface area contributed by atoms with Gasteiger partial charge in [0.2, 0.25) is 0 Å². The van der Waals surface area contributed by atoms with E-state index >= 15 is 0 Å². The zero-order valence-corrected chi connectivity index (χ0v) is 12.0. The molecule has 0 saturated carbocycles. The molecule has 0 radical (unpaired) electrons. The van der Waals surface area contributed by atoms with Crippen molar-refractivity contribution in [2.24, 2.45) is 0 Å². The first-order valence-corrected chi connectivity index (χ1v) is 7.90. The van der Waals surface area contributed by atoms with Crippen molar-refractivity contribution in [2.45, 2.75) is 12.7 Å². The second kappa shape index (κ2) is 7.57. The number of nitro groups is 1. The summed E-state index contributed by atoms with van der Waals surface area (Å²) in [4.78, 5) is 14.3. The summed E-state index contributed by atoms with van der Waals surface area (Å²) in [7, 11) is 0. The minimum atomic E-state index is -0.418. The van der Waals surface area contributed by atoms with Gasteiger partial charge >= 0.3 is 0 Å². The zero-order valence-electron chi connectivity index (χ0n) is 9.53. The van der Waals surface area contributed by atoms with Crippen LogP contribution in [0.4, 0.5) is 0 Å². The second-order valence-corrected chi connectivity index (χ2v) is 5.64. The van der Waals surface area contributed by atoms with Gasteiger partial charge in [-0.3, -0.25) is 10.1 Å². The van der Waals surface area contributed by atoms with E-state index in [9.17, 15) is 10.1 Å². The van der Waals surface area contributed by atoms with E-state index in [-0.39, 0.29) is 0 Å². The Bertz CT molecular complexity index is 381. The molecular formula is C9H13N3O2S3. The lowest BCUT2D eigenvalue weighted by Crippen LogP contribution is -2.14. The van der Waals surface area contributed by atoms with Crippen LogP contribution in [-0.2, 0) is 5.75 Å². The summed E-state index contributed by atoms with van der Waals surface area (Å²) < 4.78 is 1.91. The third-order valence-electron chi connectivity index (χ3n) is 1.79. The Balaban J connectivity index is 2.60. The molecule has 0 aliphatic carbocycles. The Morgan fingerprint density at radius 1 is 1.76 bits per heavy atom. The molecule has 0 aliphatic heterocycles. The van der Waals surface area contributed by atoms with E-state index in [1.165, 1.54) is 11.8 Å². The van der Waals surface area contributed by atoms with Crippen LogP contribution in [-0.4, -0.2) is 27.0 Å². The monoisotopic (exact) mass is 291 g/mol. The van der Waals surface area contributed by atoms with Crippen molar-refractivity contribution in [3.05, 3.63) is 37.9 Å². The Morgan fingerprint density at radius 3 is 3.00 bits per heavy atom. The third-order valence-corrected chi connectivity index (χ3v) is 4.78. The van der Waals surface area contributed by atoms with Gasteiger partial charge in [-0.15, -0.1) is 23.1 Å². The lowest BCUT2D eigenvalue weighted by Gasteiger charge is -2.20. The van der Waals surface area contributed by atoms with Crippen LogP contribution >= 0.6 is 35.0 Å². The number of thiazole rings is 1. The van der Waals surface area contributed by atoms with Crippen LogP contribution in [0.3, 0.4) is 0 Å². The normalized spacial score (nSPS) is 11.5. The van der Waals surface area contributed by atoms with E-state index in [0.717, 1.165) is 23.5 Å². The first kappa shape index (κ1) is 14.3. The van der Waals surface area contributed by atoms with E-state index in [2.05, 4.69) is 4.98 Å². The van der Waals surface area contributed by atoms with Gasteiger partial charge in [-0.2, -0.15) is 0 Å². The number of nitrogens with zero attached hydrogens (tertiary/aromatic N) is 3. The molecular weight excluding hydrogens is 278 g/mol. The second-order valence-electron chi connectivity index (χ2n) is 2.85. The van der Waals surface area contributed by atoms with Gasteiger partial charge in [0.05, 0.1) is 10.7 Å². The summed E-state index contributed by atoms with van der Waals surface area (Å²) in [6, 6.07) is 0. The van der Waals surface area contributed by atoms with Crippen LogP contribution in [0.2, 0.25) is 0 Å². The Morgan fingerprint density at radius 2 is 2.53 bits per heavy atom. The SMILES string of the molecule is CCN(SCc1nccs1)C(=C[N+](=O)[O-])SC. The quantitative estimate of drug-likeness (QED) is 0.437. The Kier molecular flexibility index (Phi) is 6.38. The molecule has 0 N–H and O–H groups in total. The molecule has 0 aromatic carbocycles. The molecule has 0 fully saturated rings. The minimum absolute atomic E-state index is 0.418. The van der Waals surface area contributed by atoms with Gasteiger partial charge in [-0.25, -0.2) is 4.98 Å². The summed E-state index contributed by atoms with van der Waals surface area (Å²) >= 11 is 4.51. The van der Waals surface area contributed by atoms with Gasteiger partial charge in [0.25, 0.3) is 6.20 Å². The Hall–Kier alpha value is -0.730. The number of aromatic nitrogens is 1. The third kappa shape index (κ3) is 4.97. The fourth-order valence-corrected chi connectivity index (χ4v) is 3.51. The predicted octanol–water partition coefficient (Wildman–Crippen LogP) is 3.05. The molecule has 0 saturated heterocycles. The Labute approximate surface area is 113 Å². The van der Waals surface area contributed by atoms with Crippen molar-refractivity contribution in [1.82, 2.24) is 9.29 Å². The molecule has 0 atom stereocenters. The summed E-state index contributed by atoms with van der Waals surface area (Å²) in [5.41, 5.74) is 0. The molecule has 8 heteroatoms. The maximum Gasteiger partial charge on any atom is 0.265 e. The highest BCUT2D eigenvalue weighted by molar-refractivity contribution is 8.04. The van der Waals surface area contributed by atoms with Crippen LogP contribution in [0.1, 0.15) is 11.9 Å². The minimum Gasteiger partial charge on any atom is -0.305 e. The number of thioether (sulfide) groups is 1. The van der Waals surface area contributed by atoms with Crippen LogP contribution in [0.25, 0.3) is 0 Å². The molecule has 0 unspecified atom stereocenters. The average molecular weight is 291 g/mol. The highest BCUT2D eigenvalue weighted by Crippen LogP contribution is 2.27. The van der Waals surface area contributed by atoms with Crippen LogP contribution in [0, 0.1) is 10.1 Å². The zero-order chi connectivity index (χ0) is 12.7.